The number of aryl methyl sites for hydroxylation is 2. The monoisotopic (exact) mass is 373 g/mol. The van der Waals surface area contributed by atoms with Gasteiger partial charge in [-0.1, -0.05) is 41.6 Å². The highest BCUT2D eigenvalue weighted by Crippen LogP contribution is 2.14. The van der Waals surface area contributed by atoms with E-state index in [-0.39, 0.29) is 11.7 Å². The van der Waals surface area contributed by atoms with E-state index in [2.05, 4.69) is 46.4 Å². The molecule has 0 atom stereocenters. The molecule has 6 nitrogen and oxygen atoms in total. The van der Waals surface area contributed by atoms with Crippen molar-refractivity contribution in [1.29, 1.82) is 0 Å². The van der Waals surface area contributed by atoms with Crippen molar-refractivity contribution >= 4 is 29.0 Å². The molecule has 1 amide bonds. The van der Waals surface area contributed by atoms with Gasteiger partial charge in [0.05, 0.1) is 5.75 Å². The zero-order chi connectivity index (χ0) is 17.6. The lowest BCUT2D eigenvalue weighted by atomic mass is 10.1. The number of thiazole rings is 1. The van der Waals surface area contributed by atoms with Crippen LogP contribution in [0.3, 0.4) is 0 Å². The predicted molar refractivity (Wildman–Crippen MR) is 99.6 cm³/mol. The Labute approximate surface area is 154 Å². The van der Waals surface area contributed by atoms with Gasteiger partial charge < -0.3 is 9.13 Å². The third-order valence-corrected chi connectivity index (χ3v) is 5.36. The Hall–Kier alpha value is -2.19. The normalized spacial score (nSPS) is 11.8. The summed E-state index contributed by atoms with van der Waals surface area (Å²) in [4.78, 5) is 17.2. The third kappa shape index (κ3) is 4.67. The zero-order valence-electron chi connectivity index (χ0n) is 14.1. The van der Waals surface area contributed by atoms with Crippen LogP contribution in [0, 0.1) is 6.92 Å². The molecule has 0 spiro atoms. The van der Waals surface area contributed by atoms with E-state index >= 15 is 0 Å². The molecule has 0 aliphatic rings. The molecule has 3 rings (SSSR count). The van der Waals surface area contributed by atoms with Gasteiger partial charge in [0, 0.05) is 24.7 Å². The molecule has 1 aromatic carbocycles. The maximum absolute atomic E-state index is 12.2. The van der Waals surface area contributed by atoms with Crippen LogP contribution in [0.5, 0.6) is 0 Å². The molecule has 0 N–H and O–H groups in total. The summed E-state index contributed by atoms with van der Waals surface area (Å²) in [7, 11) is 0. The fourth-order valence-electron chi connectivity index (χ4n) is 2.24. The molecule has 130 valence electrons. The lowest BCUT2D eigenvalue weighted by molar-refractivity contribution is -0.115. The molecule has 2 aromatic heterocycles. The molecule has 25 heavy (non-hydrogen) atoms. The van der Waals surface area contributed by atoms with E-state index in [1.807, 2.05) is 27.6 Å². The van der Waals surface area contributed by atoms with E-state index in [4.69, 9.17) is 0 Å². The summed E-state index contributed by atoms with van der Waals surface area (Å²) in [5, 5.41) is 10.6. The van der Waals surface area contributed by atoms with Crippen LogP contribution in [-0.2, 0) is 17.9 Å². The topological polar surface area (TPSA) is 65.1 Å². The first-order chi connectivity index (χ1) is 12.2. The van der Waals surface area contributed by atoms with Crippen molar-refractivity contribution in [1.82, 2.24) is 19.3 Å². The van der Waals surface area contributed by atoms with Crippen molar-refractivity contribution in [3.05, 3.63) is 58.1 Å². The first-order valence-electron chi connectivity index (χ1n) is 7.93. The summed E-state index contributed by atoms with van der Waals surface area (Å²) in [5.41, 5.74) is 2.42. The fraction of sp³-hybridized carbons (Fsp3) is 0.294. The van der Waals surface area contributed by atoms with Crippen LogP contribution in [0.15, 0.2) is 52.3 Å². The van der Waals surface area contributed by atoms with Crippen LogP contribution in [-0.4, -0.2) is 31.0 Å². The van der Waals surface area contributed by atoms with Crippen molar-refractivity contribution in [3.63, 3.8) is 0 Å². The number of thioether (sulfide) groups is 1. The molecule has 8 heteroatoms. The number of amides is 1. The minimum atomic E-state index is -0.171. The van der Waals surface area contributed by atoms with Crippen LogP contribution in [0.2, 0.25) is 0 Å². The summed E-state index contributed by atoms with van der Waals surface area (Å²) in [6.45, 7) is 5.56. The standard InChI is InChI=1S/C17H19N5OS2/c1-3-21-12-18-20-17(21)25-11-15(23)19-16-22(8-9-24-16)10-14-6-4-13(2)5-7-14/h4-9,12H,3,10-11H2,1-2H3. The first kappa shape index (κ1) is 17.6. The second-order valence-corrected chi connectivity index (χ2v) is 7.31. The van der Waals surface area contributed by atoms with Crippen molar-refractivity contribution in [2.75, 3.05) is 5.75 Å². The van der Waals surface area contributed by atoms with E-state index < -0.39 is 0 Å². The number of carbonyl (C=O) groups excluding carboxylic acids is 1. The minimum absolute atomic E-state index is 0.171. The summed E-state index contributed by atoms with van der Waals surface area (Å²) < 4.78 is 3.90. The Bertz CT molecular complexity index is 908. The highest BCUT2D eigenvalue weighted by molar-refractivity contribution is 7.99. The second-order valence-electron chi connectivity index (χ2n) is 5.49. The molecule has 0 unspecified atom stereocenters. The number of carbonyl (C=O) groups is 1. The van der Waals surface area contributed by atoms with E-state index in [0.717, 1.165) is 11.7 Å². The number of benzene rings is 1. The molecule has 0 radical (unpaired) electrons. The van der Waals surface area contributed by atoms with Crippen LogP contribution >= 0.6 is 23.1 Å². The van der Waals surface area contributed by atoms with Gasteiger partial charge in [0.1, 0.15) is 6.33 Å². The van der Waals surface area contributed by atoms with Crippen LogP contribution in [0.1, 0.15) is 18.1 Å². The molecule has 0 saturated heterocycles. The summed E-state index contributed by atoms with van der Waals surface area (Å²) in [6.07, 6.45) is 3.62. The summed E-state index contributed by atoms with van der Waals surface area (Å²) in [5.74, 6) is 0.0805. The van der Waals surface area contributed by atoms with Crippen molar-refractivity contribution in [2.45, 2.75) is 32.1 Å². The summed E-state index contributed by atoms with van der Waals surface area (Å²) >= 11 is 2.83. The van der Waals surface area contributed by atoms with Gasteiger partial charge in [-0.15, -0.1) is 21.5 Å². The molecular weight excluding hydrogens is 354 g/mol. The molecule has 0 fully saturated rings. The number of nitrogens with zero attached hydrogens (tertiary/aromatic N) is 5. The minimum Gasteiger partial charge on any atom is -0.319 e. The summed E-state index contributed by atoms with van der Waals surface area (Å²) in [6, 6.07) is 8.37. The maximum atomic E-state index is 12.2. The van der Waals surface area contributed by atoms with Gasteiger partial charge >= 0.3 is 0 Å². The van der Waals surface area contributed by atoms with Gasteiger partial charge in [-0.25, -0.2) is 0 Å². The molecule has 3 aromatic rings. The average molecular weight is 374 g/mol. The molecular formula is C17H19N5OS2. The second kappa shape index (κ2) is 8.26. The van der Waals surface area contributed by atoms with E-state index in [9.17, 15) is 4.79 Å². The van der Waals surface area contributed by atoms with E-state index in [1.54, 1.807) is 6.33 Å². The fourth-order valence-corrected chi connectivity index (χ4v) is 3.74. The molecule has 0 aliphatic carbocycles. The van der Waals surface area contributed by atoms with E-state index in [1.165, 1.54) is 34.2 Å². The van der Waals surface area contributed by atoms with Gasteiger partial charge in [0.2, 0.25) is 0 Å². The van der Waals surface area contributed by atoms with Crippen molar-refractivity contribution < 1.29 is 4.79 Å². The lowest BCUT2D eigenvalue weighted by Gasteiger charge is -2.04. The number of rotatable bonds is 6. The van der Waals surface area contributed by atoms with Crippen molar-refractivity contribution in [3.8, 4) is 0 Å². The number of aromatic nitrogens is 4. The Morgan fingerprint density at radius 1 is 1.28 bits per heavy atom. The average Bonchev–Trinajstić information content (AvgIpc) is 3.24. The Morgan fingerprint density at radius 2 is 2.08 bits per heavy atom. The Kier molecular flexibility index (Phi) is 5.83. The van der Waals surface area contributed by atoms with E-state index in [0.29, 0.717) is 11.3 Å². The number of hydrogen-bond acceptors (Lipinski definition) is 5. The Morgan fingerprint density at radius 3 is 2.84 bits per heavy atom. The quantitative estimate of drug-likeness (QED) is 0.623. The van der Waals surface area contributed by atoms with Crippen LogP contribution in [0.4, 0.5) is 0 Å². The van der Waals surface area contributed by atoms with Gasteiger partial charge in [0.15, 0.2) is 9.96 Å². The lowest BCUT2D eigenvalue weighted by Crippen LogP contribution is -2.17. The maximum Gasteiger partial charge on any atom is 0.258 e. The molecule has 0 bridgehead atoms. The van der Waals surface area contributed by atoms with Gasteiger partial charge in [-0.05, 0) is 19.4 Å². The van der Waals surface area contributed by atoms with Gasteiger partial charge in [-0.3, -0.25) is 4.79 Å². The van der Waals surface area contributed by atoms with Gasteiger partial charge in [0.25, 0.3) is 5.91 Å². The molecule has 2 heterocycles. The predicted octanol–water partition coefficient (Wildman–Crippen LogP) is 2.74. The SMILES string of the molecule is CCn1cnnc1SCC(=O)N=c1sccn1Cc1ccc(C)cc1. The van der Waals surface area contributed by atoms with Crippen molar-refractivity contribution in [2.24, 2.45) is 4.99 Å². The Balaban J connectivity index is 1.68. The number of hydrogen-bond donors (Lipinski definition) is 0. The highest BCUT2D eigenvalue weighted by atomic mass is 32.2. The highest BCUT2D eigenvalue weighted by Gasteiger charge is 2.08. The van der Waals surface area contributed by atoms with Crippen LogP contribution in [0.25, 0.3) is 0 Å². The molecule has 0 aliphatic heterocycles. The molecule has 0 saturated carbocycles. The first-order valence-corrected chi connectivity index (χ1v) is 9.80. The zero-order valence-corrected chi connectivity index (χ0v) is 15.8. The smallest absolute Gasteiger partial charge is 0.258 e. The largest absolute Gasteiger partial charge is 0.319 e. The van der Waals surface area contributed by atoms with Gasteiger partial charge in [-0.2, -0.15) is 4.99 Å². The van der Waals surface area contributed by atoms with Crippen LogP contribution < -0.4 is 4.80 Å². The third-order valence-electron chi connectivity index (χ3n) is 3.60.